The van der Waals surface area contributed by atoms with Crippen molar-refractivity contribution < 1.29 is 0 Å². The lowest BCUT2D eigenvalue weighted by molar-refractivity contribution is 0.877. The summed E-state index contributed by atoms with van der Waals surface area (Å²) in [4.78, 5) is 6.40. The van der Waals surface area contributed by atoms with E-state index in [4.69, 9.17) is 5.26 Å². The summed E-state index contributed by atoms with van der Waals surface area (Å²) >= 11 is 3.40. The van der Waals surface area contributed by atoms with Gasteiger partial charge in [0.1, 0.15) is 5.82 Å². The molecule has 0 saturated heterocycles. The minimum Gasteiger partial charge on any atom is -0.358 e. The Hall–Kier alpha value is -1.08. The normalized spacial score (nSPS) is 9.73. The number of alkyl halides is 1. The summed E-state index contributed by atoms with van der Waals surface area (Å²) in [7, 11) is 1.96. The first-order valence-corrected chi connectivity index (χ1v) is 5.90. The predicted molar refractivity (Wildman–Crippen MR) is 65.1 cm³/mol. The number of nitrogens with zero attached hydrogens (tertiary/aromatic N) is 3. The number of aryl methyl sites for hydroxylation is 1. The van der Waals surface area contributed by atoms with Gasteiger partial charge in [0.05, 0.1) is 12.5 Å². The van der Waals surface area contributed by atoms with Crippen LogP contribution in [0.5, 0.6) is 0 Å². The zero-order valence-corrected chi connectivity index (χ0v) is 10.6. The van der Waals surface area contributed by atoms with Crippen LogP contribution in [0.1, 0.15) is 17.5 Å². The Balaban J connectivity index is 2.81. The van der Waals surface area contributed by atoms with Crippen molar-refractivity contribution in [1.29, 1.82) is 5.26 Å². The standard InChI is InChI=1S/C11H14BrN3/c1-9-6-10(7-12)8-14-11(9)15(2)5-3-4-13/h6,8H,3,5,7H2,1-2H3. The van der Waals surface area contributed by atoms with Crippen molar-refractivity contribution in [3.05, 3.63) is 23.4 Å². The molecule has 0 fully saturated rings. The molecule has 0 aliphatic carbocycles. The van der Waals surface area contributed by atoms with Crippen molar-refractivity contribution in [1.82, 2.24) is 4.98 Å². The molecule has 0 N–H and O–H groups in total. The monoisotopic (exact) mass is 267 g/mol. The Morgan fingerprint density at radius 3 is 2.87 bits per heavy atom. The van der Waals surface area contributed by atoms with Gasteiger partial charge in [-0.05, 0) is 18.1 Å². The summed E-state index contributed by atoms with van der Waals surface area (Å²) in [6.45, 7) is 2.76. The summed E-state index contributed by atoms with van der Waals surface area (Å²) in [6, 6.07) is 4.24. The van der Waals surface area contributed by atoms with E-state index in [1.54, 1.807) is 0 Å². The summed E-state index contributed by atoms with van der Waals surface area (Å²) in [5.74, 6) is 0.954. The minimum atomic E-state index is 0.526. The first-order valence-electron chi connectivity index (χ1n) is 4.78. The van der Waals surface area contributed by atoms with Crippen molar-refractivity contribution in [2.45, 2.75) is 18.7 Å². The highest BCUT2D eigenvalue weighted by atomic mass is 79.9. The maximum Gasteiger partial charge on any atom is 0.131 e. The first kappa shape index (κ1) is 12.0. The third kappa shape index (κ3) is 3.21. The van der Waals surface area contributed by atoms with Gasteiger partial charge in [-0.3, -0.25) is 0 Å². The second-order valence-corrected chi connectivity index (χ2v) is 4.01. The molecule has 0 unspecified atom stereocenters. The molecule has 0 atom stereocenters. The molecule has 0 amide bonds. The molecule has 1 rings (SSSR count). The van der Waals surface area contributed by atoms with E-state index in [2.05, 4.69) is 33.0 Å². The highest BCUT2D eigenvalue weighted by Crippen LogP contribution is 2.17. The maximum atomic E-state index is 8.51. The van der Waals surface area contributed by atoms with Gasteiger partial charge in [0.25, 0.3) is 0 Å². The molecule has 3 nitrogen and oxygen atoms in total. The van der Waals surface area contributed by atoms with Gasteiger partial charge < -0.3 is 4.90 Å². The van der Waals surface area contributed by atoms with Gasteiger partial charge in [-0.2, -0.15) is 5.26 Å². The summed E-state index contributed by atoms with van der Waals surface area (Å²) < 4.78 is 0. The molecule has 1 aromatic heterocycles. The Labute approximate surface area is 98.9 Å². The SMILES string of the molecule is Cc1cc(CBr)cnc1N(C)CCC#N. The van der Waals surface area contributed by atoms with Gasteiger partial charge in [0, 0.05) is 25.1 Å². The molecular weight excluding hydrogens is 254 g/mol. The van der Waals surface area contributed by atoms with Crippen molar-refractivity contribution in [3.63, 3.8) is 0 Å². The highest BCUT2D eigenvalue weighted by Gasteiger charge is 2.06. The number of pyridine rings is 1. The number of anilines is 1. The molecule has 4 heteroatoms. The van der Waals surface area contributed by atoms with Crippen molar-refractivity contribution in [3.8, 4) is 6.07 Å². The van der Waals surface area contributed by atoms with Gasteiger partial charge >= 0.3 is 0 Å². The minimum absolute atomic E-state index is 0.526. The lowest BCUT2D eigenvalue weighted by Crippen LogP contribution is -2.20. The Bertz CT molecular complexity index is 371. The lowest BCUT2D eigenvalue weighted by Gasteiger charge is -2.18. The zero-order chi connectivity index (χ0) is 11.3. The van der Waals surface area contributed by atoms with Gasteiger partial charge in [0.15, 0.2) is 0 Å². The molecule has 0 aliphatic rings. The molecule has 0 aliphatic heterocycles. The van der Waals surface area contributed by atoms with E-state index in [0.29, 0.717) is 6.42 Å². The van der Waals surface area contributed by atoms with Gasteiger partial charge in [-0.25, -0.2) is 4.98 Å². The highest BCUT2D eigenvalue weighted by molar-refractivity contribution is 9.08. The number of aromatic nitrogens is 1. The van der Waals surface area contributed by atoms with Gasteiger partial charge in [-0.1, -0.05) is 22.0 Å². The number of hydrogen-bond acceptors (Lipinski definition) is 3. The van der Waals surface area contributed by atoms with Gasteiger partial charge in [0.2, 0.25) is 0 Å². The van der Waals surface area contributed by atoms with Crippen LogP contribution in [-0.4, -0.2) is 18.6 Å². The Kier molecular flexibility index (Phi) is 4.57. The predicted octanol–water partition coefficient (Wildman–Crippen LogP) is 2.63. The fraction of sp³-hybridized carbons (Fsp3) is 0.455. The fourth-order valence-electron chi connectivity index (χ4n) is 1.42. The van der Waals surface area contributed by atoms with E-state index in [0.717, 1.165) is 23.3 Å². The van der Waals surface area contributed by atoms with E-state index in [1.807, 2.05) is 25.1 Å². The number of halogens is 1. The van der Waals surface area contributed by atoms with Crippen LogP contribution in [-0.2, 0) is 5.33 Å². The summed E-state index contributed by atoms with van der Waals surface area (Å²) in [6.07, 6.45) is 2.39. The molecule has 0 bridgehead atoms. The van der Waals surface area contributed by atoms with E-state index in [1.165, 1.54) is 5.56 Å². The Morgan fingerprint density at radius 1 is 1.60 bits per heavy atom. The van der Waals surface area contributed by atoms with Crippen LogP contribution in [0.25, 0.3) is 0 Å². The third-order valence-corrected chi connectivity index (χ3v) is 2.83. The fourth-order valence-corrected chi connectivity index (χ4v) is 1.73. The molecule has 0 spiro atoms. The average Bonchev–Trinajstić information content (AvgIpc) is 2.25. The maximum absolute atomic E-state index is 8.51. The number of hydrogen-bond donors (Lipinski definition) is 0. The average molecular weight is 268 g/mol. The molecular formula is C11H14BrN3. The van der Waals surface area contributed by atoms with E-state index < -0.39 is 0 Å². The summed E-state index contributed by atoms with van der Waals surface area (Å²) in [5.41, 5.74) is 2.32. The van der Waals surface area contributed by atoms with Crippen LogP contribution in [0.3, 0.4) is 0 Å². The van der Waals surface area contributed by atoms with E-state index in [-0.39, 0.29) is 0 Å². The van der Waals surface area contributed by atoms with Crippen LogP contribution in [0.2, 0.25) is 0 Å². The molecule has 0 radical (unpaired) electrons. The molecule has 80 valence electrons. The third-order valence-electron chi connectivity index (χ3n) is 2.18. The second kappa shape index (κ2) is 5.72. The molecule has 1 heterocycles. The topological polar surface area (TPSA) is 39.9 Å². The van der Waals surface area contributed by atoms with E-state index >= 15 is 0 Å². The second-order valence-electron chi connectivity index (χ2n) is 3.45. The molecule has 15 heavy (non-hydrogen) atoms. The first-order chi connectivity index (χ1) is 7.19. The van der Waals surface area contributed by atoms with Crippen LogP contribution >= 0.6 is 15.9 Å². The van der Waals surface area contributed by atoms with Gasteiger partial charge in [-0.15, -0.1) is 0 Å². The smallest absolute Gasteiger partial charge is 0.131 e. The number of nitriles is 1. The van der Waals surface area contributed by atoms with Crippen molar-refractivity contribution in [2.75, 3.05) is 18.5 Å². The molecule has 1 aromatic rings. The Morgan fingerprint density at radius 2 is 2.33 bits per heavy atom. The van der Waals surface area contributed by atoms with E-state index in [9.17, 15) is 0 Å². The van der Waals surface area contributed by atoms with Crippen molar-refractivity contribution >= 4 is 21.7 Å². The number of rotatable bonds is 4. The zero-order valence-electron chi connectivity index (χ0n) is 9.00. The van der Waals surface area contributed by atoms with Crippen LogP contribution in [0, 0.1) is 18.3 Å². The van der Waals surface area contributed by atoms with Crippen LogP contribution in [0.15, 0.2) is 12.3 Å². The van der Waals surface area contributed by atoms with Crippen LogP contribution in [0.4, 0.5) is 5.82 Å². The quantitative estimate of drug-likeness (QED) is 0.788. The molecule has 0 aromatic carbocycles. The largest absolute Gasteiger partial charge is 0.358 e. The summed E-state index contributed by atoms with van der Waals surface area (Å²) in [5, 5.41) is 9.33. The molecule has 0 saturated carbocycles. The van der Waals surface area contributed by atoms with Crippen LogP contribution < -0.4 is 4.90 Å². The lowest BCUT2D eigenvalue weighted by atomic mass is 10.2. The van der Waals surface area contributed by atoms with Crippen molar-refractivity contribution in [2.24, 2.45) is 0 Å².